The van der Waals surface area contributed by atoms with Crippen LogP contribution >= 0.6 is 0 Å². The predicted octanol–water partition coefficient (Wildman–Crippen LogP) is 3.49. The van der Waals surface area contributed by atoms with Crippen molar-refractivity contribution < 1.29 is 30.6 Å². The number of aromatic hydroxyl groups is 6. The number of aryl methyl sites for hydroxylation is 4. The molecule has 0 spiro atoms. The van der Waals surface area contributed by atoms with Gasteiger partial charge in [0.2, 0.25) is 0 Å². The van der Waals surface area contributed by atoms with Gasteiger partial charge in [0.05, 0.1) is 0 Å². The summed E-state index contributed by atoms with van der Waals surface area (Å²) in [4.78, 5) is 0. The highest BCUT2D eigenvalue weighted by molar-refractivity contribution is 5.47. The molecule has 0 amide bonds. The molecule has 0 atom stereocenters. The fraction of sp³-hybridized carbons (Fsp3) is 0.182. The summed E-state index contributed by atoms with van der Waals surface area (Å²) in [5.41, 5.74) is 2.83. The Morgan fingerprint density at radius 1 is 0.429 bits per heavy atom. The van der Waals surface area contributed by atoms with Crippen molar-refractivity contribution in [2.45, 2.75) is 25.7 Å². The molecule has 6 nitrogen and oxygen atoms in total. The lowest BCUT2D eigenvalue weighted by molar-refractivity contribution is 0.403. The van der Waals surface area contributed by atoms with E-state index in [0.717, 1.165) is 11.1 Å². The van der Waals surface area contributed by atoms with Gasteiger partial charge in [0, 0.05) is 12.1 Å². The lowest BCUT2D eigenvalue weighted by Gasteiger charge is -2.11. The van der Waals surface area contributed by atoms with E-state index in [-0.39, 0.29) is 34.5 Å². The lowest BCUT2D eigenvalue weighted by Crippen LogP contribution is -1.97. The quantitative estimate of drug-likeness (QED) is 0.363. The van der Waals surface area contributed by atoms with Crippen molar-refractivity contribution in [3.05, 3.63) is 70.8 Å². The molecule has 0 aliphatic rings. The third-order valence-corrected chi connectivity index (χ3v) is 4.65. The molecular weight excluding hydrogens is 360 g/mol. The molecule has 3 aromatic rings. The molecule has 0 heterocycles. The Bertz CT molecular complexity index is 976. The summed E-state index contributed by atoms with van der Waals surface area (Å²) in [6, 6.07) is 12.0. The van der Waals surface area contributed by atoms with Crippen LogP contribution in [0.2, 0.25) is 0 Å². The van der Waals surface area contributed by atoms with Crippen molar-refractivity contribution in [2.75, 3.05) is 0 Å². The van der Waals surface area contributed by atoms with Gasteiger partial charge in [0.1, 0.15) is 23.0 Å². The van der Waals surface area contributed by atoms with Gasteiger partial charge < -0.3 is 30.6 Å². The zero-order valence-electron chi connectivity index (χ0n) is 15.1. The zero-order valence-corrected chi connectivity index (χ0v) is 15.1. The molecule has 146 valence electrons. The fourth-order valence-corrected chi connectivity index (χ4v) is 3.16. The first kappa shape index (κ1) is 19.2. The summed E-state index contributed by atoms with van der Waals surface area (Å²) in [5, 5.41) is 58.4. The maximum Gasteiger partial charge on any atom is 0.157 e. The number of hydrogen-bond donors (Lipinski definition) is 6. The van der Waals surface area contributed by atoms with Crippen molar-refractivity contribution in [2.24, 2.45) is 0 Å². The Morgan fingerprint density at radius 2 is 1.00 bits per heavy atom. The lowest BCUT2D eigenvalue weighted by atomic mass is 9.97. The number of benzene rings is 3. The second kappa shape index (κ2) is 8.00. The van der Waals surface area contributed by atoms with E-state index >= 15 is 0 Å². The summed E-state index contributed by atoms with van der Waals surface area (Å²) in [6.07, 6.45) is 1.97. The molecule has 0 aliphatic heterocycles. The summed E-state index contributed by atoms with van der Waals surface area (Å²) in [5.74, 6) is -0.461. The van der Waals surface area contributed by atoms with Crippen molar-refractivity contribution in [3.63, 3.8) is 0 Å². The second-order valence-electron chi connectivity index (χ2n) is 6.79. The van der Waals surface area contributed by atoms with Crippen molar-refractivity contribution in [1.29, 1.82) is 0 Å². The SMILES string of the molecule is Oc1cc(O)cc(CCc2cc(CCc3ccc(O)c(O)c3)c(O)cc2O)c1. The molecule has 0 fully saturated rings. The molecule has 6 N–H and O–H groups in total. The Kier molecular flexibility index (Phi) is 5.49. The number of rotatable bonds is 6. The third-order valence-electron chi connectivity index (χ3n) is 4.65. The van der Waals surface area contributed by atoms with Gasteiger partial charge in [-0.2, -0.15) is 0 Å². The van der Waals surface area contributed by atoms with Crippen LogP contribution in [0.1, 0.15) is 22.3 Å². The molecule has 0 radical (unpaired) electrons. The molecular formula is C22H22O6. The summed E-state index contributed by atoms with van der Waals surface area (Å²) in [6.45, 7) is 0. The highest BCUT2D eigenvalue weighted by atomic mass is 16.3. The molecule has 0 aliphatic carbocycles. The van der Waals surface area contributed by atoms with E-state index in [0.29, 0.717) is 36.8 Å². The highest BCUT2D eigenvalue weighted by Crippen LogP contribution is 2.31. The second-order valence-corrected chi connectivity index (χ2v) is 6.79. The maximum absolute atomic E-state index is 10.1. The van der Waals surface area contributed by atoms with Crippen molar-refractivity contribution in [1.82, 2.24) is 0 Å². The van der Waals surface area contributed by atoms with Crippen LogP contribution in [0.25, 0.3) is 0 Å². The van der Waals surface area contributed by atoms with Gasteiger partial charge >= 0.3 is 0 Å². The normalized spacial score (nSPS) is 10.9. The van der Waals surface area contributed by atoms with Gasteiger partial charge in [0.15, 0.2) is 11.5 Å². The average molecular weight is 382 g/mol. The fourth-order valence-electron chi connectivity index (χ4n) is 3.16. The first-order chi connectivity index (χ1) is 13.3. The molecule has 0 aromatic heterocycles. The molecule has 0 unspecified atom stereocenters. The van der Waals surface area contributed by atoms with Gasteiger partial charge in [-0.1, -0.05) is 6.07 Å². The van der Waals surface area contributed by atoms with Crippen LogP contribution in [0, 0.1) is 0 Å². The van der Waals surface area contributed by atoms with E-state index in [1.807, 2.05) is 0 Å². The monoisotopic (exact) mass is 382 g/mol. The van der Waals surface area contributed by atoms with E-state index in [1.165, 1.54) is 24.3 Å². The van der Waals surface area contributed by atoms with Crippen LogP contribution in [0.4, 0.5) is 0 Å². The van der Waals surface area contributed by atoms with Crippen molar-refractivity contribution >= 4 is 0 Å². The third kappa shape index (κ3) is 4.59. The average Bonchev–Trinajstić information content (AvgIpc) is 2.62. The minimum Gasteiger partial charge on any atom is -0.508 e. The van der Waals surface area contributed by atoms with Crippen LogP contribution in [0.15, 0.2) is 48.5 Å². The van der Waals surface area contributed by atoms with E-state index in [9.17, 15) is 30.6 Å². The van der Waals surface area contributed by atoms with Crippen LogP contribution in [0.5, 0.6) is 34.5 Å². The predicted molar refractivity (Wildman–Crippen MR) is 104 cm³/mol. The van der Waals surface area contributed by atoms with E-state index in [1.54, 1.807) is 24.3 Å². The van der Waals surface area contributed by atoms with Gasteiger partial charge in [-0.25, -0.2) is 0 Å². The topological polar surface area (TPSA) is 121 Å². The van der Waals surface area contributed by atoms with Gasteiger partial charge in [-0.15, -0.1) is 0 Å². The van der Waals surface area contributed by atoms with Crippen LogP contribution in [-0.4, -0.2) is 30.6 Å². The molecule has 6 heteroatoms. The first-order valence-corrected chi connectivity index (χ1v) is 8.88. The van der Waals surface area contributed by atoms with Crippen molar-refractivity contribution in [3.8, 4) is 34.5 Å². The number of phenolic OH excluding ortho intramolecular Hbond substituents is 6. The largest absolute Gasteiger partial charge is 0.508 e. The smallest absolute Gasteiger partial charge is 0.157 e. The van der Waals surface area contributed by atoms with Gasteiger partial charge in [-0.05, 0) is 78.3 Å². The van der Waals surface area contributed by atoms with E-state index < -0.39 is 0 Å². The molecule has 0 bridgehead atoms. The number of hydrogen-bond acceptors (Lipinski definition) is 6. The van der Waals surface area contributed by atoms with Gasteiger partial charge in [0.25, 0.3) is 0 Å². The zero-order chi connectivity index (χ0) is 20.3. The molecule has 0 saturated carbocycles. The minimum atomic E-state index is -0.192. The molecule has 3 rings (SSSR count). The standard InChI is InChI=1S/C22H22O6/c23-17-7-14(8-18(24)11-17)2-5-16-10-15(20(26)12-21(16)27)4-1-13-3-6-19(25)22(28)9-13/h3,6-12,23-28H,1-2,4-5H2. The molecule has 3 aromatic carbocycles. The Hall–Kier alpha value is -3.54. The van der Waals surface area contributed by atoms with E-state index in [4.69, 9.17) is 0 Å². The van der Waals surface area contributed by atoms with Crippen LogP contribution in [-0.2, 0) is 25.7 Å². The van der Waals surface area contributed by atoms with Gasteiger partial charge in [-0.3, -0.25) is 0 Å². The number of phenols is 6. The Labute approximate surface area is 162 Å². The Balaban J connectivity index is 1.73. The minimum absolute atomic E-state index is 0.0146. The van der Waals surface area contributed by atoms with E-state index in [2.05, 4.69) is 0 Å². The summed E-state index contributed by atoms with van der Waals surface area (Å²) < 4.78 is 0. The highest BCUT2D eigenvalue weighted by Gasteiger charge is 2.11. The molecule has 0 saturated heterocycles. The van der Waals surface area contributed by atoms with Crippen LogP contribution in [0.3, 0.4) is 0 Å². The maximum atomic E-state index is 10.1. The van der Waals surface area contributed by atoms with Crippen LogP contribution < -0.4 is 0 Å². The summed E-state index contributed by atoms with van der Waals surface area (Å²) >= 11 is 0. The first-order valence-electron chi connectivity index (χ1n) is 8.88. The Morgan fingerprint density at radius 3 is 1.57 bits per heavy atom. The summed E-state index contributed by atoms with van der Waals surface area (Å²) in [7, 11) is 0. The molecule has 28 heavy (non-hydrogen) atoms.